The van der Waals surface area contributed by atoms with E-state index in [9.17, 15) is 5.11 Å². The number of aliphatic hydroxyl groups is 1. The number of aryl methyl sites for hydroxylation is 2. The zero-order chi connectivity index (χ0) is 17.4. The van der Waals surface area contributed by atoms with Crippen LogP contribution in [0.1, 0.15) is 48.6 Å². The number of benzene rings is 2. The van der Waals surface area contributed by atoms with Gasteiger partial charge in [-0.2, -0.15) is 0 Å². The SMILES string of the molecule is CCCc1ccc(-c2onc3c2CCc2cc(C(C)O)ccc2-3)cc1. The lowest BCUT2D eigenvalue weighted by molar-refractivity contribution is 0.199. The molecule has 0 amide bonds. The molecule has 0 aliphatic heterocycles. The van der Waals surface area contributed by atoms with Gasteiger partial charge in [-0.3, -0.25) is 0 Å². The third kappa shape index (κ3) is 2.89. The normalized spacial score (nSPS) is 14.0. The van der Waals surface area contributed by atoms with Crippen molar-refractivity contribution in [1.29, 1.82) is 0 Å². The molecule has 0 radical (unpaired) electrons. The number of fused-ring (bicyclic) bond motifs is 3. The molecule has 0 spiro atoms. The first kappa shape index (κ1) is 16.1. The largest absolute Gasteiger partial charge is 0.389 e. The second-order valence-electron chi connectivity index (χ2n) is 6.88. The highest BCUT2D eigenvalue weighted by molar-refractivity contribution is 5.76. The molecule has 1 atom stereocenters. The minimum atomic E-state index is -0.443. The molecule has 1 unspecified atom stereocenters. The van der Waals surface area contributed by atoms with E-state index in [4.69, 9.17) is 4.52 Å². The summed E-state index contributed by atoms with van der Waals surface area (Å²) in [6.07, 6.45) is 3.68. The van der Waals surface area contributed by atoms with Crippen LogP contribution in [0.4, 0.5) is 0 Å². The van der Waals surface area contributed by atoms with Crippen molar-refractivity contribution in [3.8, 4) is 22.6 Å². The van der Waals surface area contributed by atoms with E-state index < -0.39 is 6.10 Å². The molecule has 3 nitrogen and oxygen atoms in total. The van der Waals surface area contributed by atoms with Crippen LogP contribution < -0.4 is 0 Å². The minimum absolute atomic E-state index is 0.443. The maximum Gasteiger partial charge on any atom is 0.170 e. The number of aliphatic hydroxyl groups excluding tert-OH is 1. The molecule has 1 heterocycles. The van der Waals surface area contributed by atoms with E-state index in [1.165, 1.54) is 16.7 Å². The van der Waals surface area contributed by atoms with Gasteiger partial charge in [0.05, 0.1) is 6.10 Å². The van der Waals surface area contributed by atoms with Gasteiger partial charge in [0.25, 0.3) is 0 Å². The Kier molecular flexibility index (Phi) is 4.18. The van der Waals surface area contributed by atoms with Gasteiger partial charge >= 0.3 is 0 Å². The topological polar surface area (TPSA) is 46.3 Å². The van der Waals surface area contributed by atoms with Crippen LogP contribution in [0.15, 0.2) is 47.0 Å². The molecule has 4 rings (SSSR count). The fourth-order valence-corrected chi connectivity index (χ4v) is 3.66. The van der Waals surface area contributed by atoms with E-state index in [0.717, 1.165) is 53.8 Å². The molecule has 0 fully saturated rings. The summed E-state index contributed by atoms with van der Waals surface area (Å²) in [4.78, 5) is 0. The lowest BCUT2D eigenvalue weighted by atomic mass is 9.86. The predicted molar refractivity (Wildman–Crippen MR) is 99.4 cm³/mol. The van der Waals surface area contributed by atoms with Gasteiger partial charge < -0.3 is 9.63 Å². The number of aromatic nitrogens is 1. The summed E-state index contributed by atoms with van der Waals surface area (Å²) >= 11 is 0. The van der Waals surface area contributed by atoms with Gasteiger partial charge in [-0.05, 0) is 42.9 Å². The second-order valence-corrected chi connectivity index (χ2v) is 6.88. The minimum Gasteiger partial charge on any atom is -0.389 e. The molecule has 1 aliphatic rings. The van der Waals surface area contributed by atoms with Crippen LogP contribution in [0.3, 0.4) is 0 Å². The molecule has 128 valence electrons. The fourth-order valence-electron chi connectivity index (χ4n) is 3.66. The maximum atomic E-state index is 9.80. The first-order valence-electron chi connectivity index (χ1n) is 9.06. The summed E-state index contributed by atoms with van der Waals surface area (Å²) in [5.41, 5.74) is 7.92. The molecule has 0 bridgehead atoms. The van der Waals surface area contributed by atoms with Gasteiger partial charge in [0.15, 0.2) is 5.76 Å². The molecular formula is C22H23NO2. The first-order valence-corrected chi connectivity index (χ1v) is 9.06. The van der Waals surface area contributed by atoms with E-state index in [2.05, 4.69) is 48.5 Å². The Labute approximate surface area is 148 Å². The van der Waals surface area contributed by atoms with E-state index in [1.54, 1.807) is 6.92 Å². The van der Waals surface area contributed by atoms with Crippen LogP contribution in [0.25, 0.3) is 22.6 Å². The molecule has 1 aromatic heterocycles. The van der Waals surface area contributed by atoms with Crippen molar-refractivity contribution in [3.63, 3.8) is 0 Å². The maximum absolute atomic E-state index is 9.80. The van der Waals surface area contributed by atoms with Gasteiger partial charge in [0, 0.05) is 16.7 Å². The van der Waals surface area contributed by atoms with Gasteiger partial charge in [-0.1, -0.05) is 61.0 Å². The molecule has 3 aromatic rings. The van der Waals surface area contributed by atoms with Crippen LogP contribution in [-0.4, -0.2) is 10.3 Å². The zero-order valence-corrected chi connectivity index (χ0v) is 14.7. The van der Waals surface area contributed by atoms with E-state index in [1.807, 2.05) is 6.07 Å². The summed E-state index contributed by atoms with van der Waals surface area (Å²) in [7, 11) is 0. The van der Waals surface area contributed by atoms with Crippen molar-refractivity contribution in [2.45, 2.75) is 45.6 Å². The smallest absolute Gasteiger partial charge is 0.170 e. The third-order valence-electron chi connectivity index (χ3n) is 5.05. The standard InChI is InChI=1S/C22H23NO2/c1-3-4-15-5-7-16(8-6-15)22-20-12-10-18-13-17(14(2)24)9-11-19(18)21(20)23-25-22/h5-9,11,13-14,24H,3-4,10,12H2,1-2H3. The summed E-state index contributed by atoms with van der Waals surface area (Å²) in [6.45, 7) is 3.99. The summed E-state index contributed by atoms with van der Waals surface area (Å²) in [5, 5.41) is 14.2. The number of hydrogen-bond acceptors (Lipinski definition) is 3. The Morgan fingerprint density at radius 3 is 2.64 bits per heavy atom. The second kappa shape index (κ2) is 6.49. The summed E-state index contributed by atoms with van der Waals surface area (Å²) in [5.74, 6) is 0.892. The zero-order valence-electron chi connectivity index (χ0n) is 14.7. The summed E-state index contributed by atoms with van der Waals surface area (Å²) in [6, 6.07) is 14.8. The van der Waals surface area contributed by atoms with Gasteiger partial charge in [-0.15, -0.1) is 0 Å². The number of rotatable bonds is 4. The van der Waals surface area contributed by atoms with Crippen molar-refractivity contribution in [3.05, 3.63) is 64.7 Å². The Morgan fingerprint density at radius 2 is 1.92 bits per heavy atom. The monoisotopic (exact) mass is 333 g/mol. The Morgan fingerprint density at radius 1 is 1.12 bits per heavy atom. The van der Waals surface area contributed by atoms with Crippen molar-refractivity contribution in [1.82, 2.24) is 5.16 Å². The van der Waals surface area contributed by atoms with Gasteiger partial charge in [0.1, 0.15) is 5.69 Å². The highest BCUT2D eigenvalue weighted by Gasteiger charge is 2.25. The van der Waals surface area contributed by atoms with E-state index in [-0.39, 0.29) is 0 Å². The quantitative estimate of drug-likeness (QED) is 0.721. The lowest BCUT2D eigenvalue weighted by Gasteiger charge is -2.17. The Bertz CT molecular complexity index is 891. The highest BCUT2D eigenvalue weighted by atomic mass is 16.5. The molecule has 25 heavy (non-hydrogen) atoms. The third-order valence-corrected chi connectivity index (χ3v) is 5.05. The Balaban J connectivity index is 1.72. The van der Waals surface area contributed by atoms with Crippen LogP contribution in [-0.2, 0) is 19.3 Å². The van der Waals surface area contributed by atoms with Crippen LogP contribution >= 0.6 is 0 Å². The molecule has 1 aliphatic carbocycles. The average Bonchev–Trinajstić information content (AvgIpc) is 3.06. The van der Waals surface area contributed by atoms with Gasteiger partial charge in [-0.25, -0.2) is 0 Å². The average molecular weight is 333 g/mol. The van der Waals surface area contributed by atoms with Crippen LogP contribution in [0.5, 0.6) is 0 Å². The number of nitrogens with zero attached hydrogens (tertiary/aromatic N) is 1. The van der Waals surface area contributed by atoms with Crippen LogP contribution in [0, 0.1) is 0 Å². The predicted octanol–water partition coefficient (Wildman–Crippen LogP) is 5.11. The van der Waals surface area contributed by atoms with Crippen molar-refractivity contribution >= 4 is 0 Å². The molecule has 0 saturated heterocycles. The molecule has 2 aromatic carbocycles. The van der Waals surface area contributed by atoms with Crippen molar-refractivity contribution < 1.29 is 9.63 Å². The fraction of sp³-hybridized carbons (Fsp3) is 0.318. The first-order chi connectivity index (χ1) is 12.2. The van der Waals surface area contributed by atoms with E-state index in [0.29, 0.717) is 0 Å². The Hall–Kier alpha value is -2.39. The van der Waals surface area contributed by atoms with Crippen molar-refractivity contribution in [2.75, 3.05) is 0 Å². The molecular weight excluding hydrogens is 310 g/mol. The summed E-state index contributed by atoms with van der Waals surface area (Å²) < 4.78 is 5.74. The van der Waals surface area contributed by atoms with Crippen molar-refractivity contribution in [2.24, 2.45) is 0 Å². The molecule has 3 heteroatoms. The van der Waals surface area contributed by atoms with Gasteiger partial charge in [0.2, 0.25) is 0 Å². The van der Waals surface area contributed by atoms with Crippen LogP contribution in [0.2, 0.25) is 0 Å². The highest BCUT2D eigenvalue weighted by Crippen LogP contribution is 2.39. The lowest BCUT2D eigenvalue weighted by Crippen LogP contribution is -2.05. The number of hydrogen-bond donors (Lipinski definition) is 1. The molecule has 0 saturated carbocycles. The van der Waals surface area contributed by atoms with E-state index >= 15 is 0 Å². The molecule has 1 N–H and O–H groups in total.